The summed E-state index contributed by atoms with van der Waals surface area (Å²) in [4.78, 5) is 0. The van der Waals surface area contributed by atoms with Crippen molar-refractivity contribution >= 4 is 31.9 Å². The first-order chi connectivity index (χ1) is 4.54. The van der Waals surface area contributed by atoms with Crippen LogP contribution in [0.2, 0.25) is 0 Å². The van der Waals surface area contributed by atoms with Crippen LogP contribution in [0.5, 0.6) is 0 Å². The highest BCUT2D eigenvalue weighted by molar-refractivity contribution is 9.12. The molecular formula is C6H8Br2O2. The van der Waals surface area contributed by atoms with Gasteiger partial charge in [-0.2, -0.15) is 0 Å². The molecule has 0 spiro atoms. The Labute approximate surface area is 76.8 Å². The molecule has 0 saturated heterocycles. The second-order valence-electron chi connectivity index (χ2n) is 1.63. The lowest BCUT2D eigenvalue weighted by molar-refractivity contribution is -0.0547. The predicted molar refractivity (Wildman–Crippen MR) is 48.1 cm³/mol. The lowest BCUT2D eigenvalue weighted by Crippen LogP contribution is -2.11. The number of ether oxygens (including phenoxy) is 1. The van der Waals surface area contributed by atoms with E-state index in [0.717, 1.165) is 0 Å². The Hall–Kier alpha value is 0.360. The van der Waals surface area contributed by atoms with Crippen LogP contribution in [0.1, 0.15) is 0 Å². The molecule has 0 aliphatic carbocycles. The zero-order valence-corrected chi connectivity index (χ0v) is 8.48. The summed E-state index contributed by atoms with van der Waals surface area (Å²) in [7, 11) is 0. The number of halogens is 2. The van der Waals surface area contributed by atoms with Crippen molar-refractivity contribution in [3.05, 3.63) is 22.1 Å². The lowest BCUT2D eigenvalue weighted by atomic mass is 10.6. The molecule has 0 aromatic rings. The van der Waals surface area contributed by atoms with Gasteiger partial charge in [0.25, 0.3) is 0 Å². The van der Waals surface area contributed by atoms with Crippen molar-refractivity contribution in [2.45, 2.75) is 6.29 Å². The van der Waals surface area contributed by atoms with Crippen molar-refractivity contribution < 1.29 is 9.84 Å². The van der Waals surface area contributed by atoms with Crippen LogP contribution in [0.25, 0.3) is 0 Å². The van der Waals surface area contributed by atoms with Gasteiger partial charge < -0.3 is 9.84 Å². The number of aliphatic hydroxyl groups is 1. The third-order valence-corrected chi connectivity index (χ3v) is 1.29. The van der Waals surface area contributed by atoms with Crippen LogP contribution < -0.4 is 0 Å². The highest BCUT2D eigenvalue weighted by Crippen LogP contribution is 2.10. The quantitative estimate of drug-likeness (QED) is 0.794. The van der Waals surface area contributed by atoms with E-state index >= 15 is 0 Å². The van der Waals surface area contributed by atoms with E-state index in [1.54, 1.807) is 0 Å². The molecule has 0 aromatic carbocycles. The molecule has 0 radical (unpaired) electrons. The van der Waals surface area contributed by atoms with Gasteiger partial charge >= 0.3 is 0 Å². The molecule has 0 aromatic heterocycles. The third kappa shape index (κ3) is 5.17. The first-order valence-corrected chi connectivity index (χ1v) is 4.10. The molecule has 2 nitrogen and oxygen atoms in total. The second-order valence-corrected chi connectivity index (χ2v) is 3.77. The van der Waals surface area contributed by atoms with Crippen LogP contribution in [0.3, 0.4) is 0 Å². The van der Waals surface area contributed by atoms with Crippen LogP contribution in [-0.2, 0) is 4.74 Å². The van der Waals surface area contributed by atoms with E-state index in [4.69, 9.17) is 9.84 Å². The molecule has 0 rings (SSSR count). The fourth-order valence-electron chi connectivity index (χ4n) is 0.260. The van der Waals surface area contributed by atoms with Gasteiger partial charge in [-0.3, -0.25) is 0 Å². The van der Waals surface area contributed by atoms with Gasteiger partial charge in [-0.1, -0.05) is 45.0 Å². The molecule has 0 heterocycles. The van der Waals surface area contributed by atoms with E-state index < -0.39 is 6.29 Å². The Morgan fingerprint density at radius 3 is 2.30 bits per heavy atom. The summed E-state index contributed by atoms with van der Waals surface area (Å²) in [5, 5.41) is 8.94. The highest BCUT2D eigenvalue weighted by Gasteiger charge is 2.04. The molecule has 1 atom stereocenters. The highest BCUT2D eigenvalue weighted by atomic mass is 79.9. The first kappa shape index (κ1) is 10.4. The Morgan fingerprint density at radius 1 is 1.50 bits per heavy atom. The number of hydrogen-bond donors (Lipinski definition) is 1. The molecule has 1 unspecified atom stereocenters. The van der Waals surface area contributed by atoms with Gasteiger partial charge in [-0.05, 0) is 0 Å². The molecule has 0 aliphatic heterocycles. The summed E-state index contributed by atoms with van der Waals surface area (Å²) in [6.45, 7) is 7.22. The van der Waals surface area contributed by atoms with Gasteiger partial charge in [0.15, 0.2) is 6.29 Å². The van der Waals surface area contributed by atoms with Gasteiger partial charge in [0.05, 0.1) is 6.61 Å². The summed E-state index contributed by atoms with van der Waals surface area (Å²) in [6, 6.07) is 0. The standard InChI is InChI=1S/C6H8Br2O2/c1-4(7)3-10-6(9)5(2)8/h6,9H,1-3H2. The average Bonchev–Trinajstić information content (AvgIpc) is 1.82. The Kier molecular flexibility index (Phi) is 5.25. The zero-order chi connectivity index (χ0) is 8.15. The molecule has 0 fully saturated rings. The minimum absolute atomic E-state index is 0.270. The minimum Gasteiger partial charge on any atom is -0.364 e. The van der Waals surface area contributed by atoms with Crippen molar-refractivity contribution in [2.75, 3.05) is 6.61 Å². The summed E-state index contributed by atoms with van der Waals surface area (Å²) < 4.78 is 5.91. The molecule has 0 amide bonds. The van der Waals surface area contributed by atoms with Gasteiger partial charge in [0.2, 0.25) is 0 Å². The molecule has 10 heavy (non-hydrogen) atoms. The maximum atomic E-state index is 8.94. The smallest absolute Gasteiger partial charge is 0.187 e. The molecule has 4 heteroatoms. The predicted octanol–water partition coefficient (Wildman–Crippen LogP) is 2.14. The number of hydrogen-bond acceptors (Lipinski definition) is 2. The van der Waals surface area contributed by atoms with Crippen LogP contribution >= 0.6 is 31.9 Å². The maximum Gasteiger partial charge on any atom is 0.187 e. The van der Waals surface area contributed by atoms with Gasteiger partial charge in [0, 0.05) is 8.96 Å². The summed E-state index contributed by atoms with van der Waals surface area (Å²) in [6.07, 6.45) is -0.964. The van der Waals surface area contributed by atoms with Crippen molar-refractivity contribution in [1.29, 1.82) is 0 Å². The van der Waals surface area contributed by atoms with E-state index in [2.05, 4.69) is 45.0 Å². The maximum absolute atomic E-state index is 8.94. The molecule has 1 N–H and O–H groups in total. The second kappa shape index (κ2) is 5.07. The van der Waals surface area contributed by atoms with Crippen molar-refractivity contribution in [3.8, 4) is 0 Å². The normalized spacial score (nSPS) is 12.7. The first-order valence-electron chi connectivity index (χ1n) is 2.51. The van der Waals surface area contributed by atoms with Crippen molar-refractivity contribution in [3.63, 3.8) is 0 Å². The van der Waals surface area contributed by atoms with E-state index in [9.17, 15) is 0 Å². The minimum atomic E-state index is -0.964. The van der Waals surface area contributed by atoms with Crippen molar-refractivity contribution in [2.24, 2.45) is 0 Å². The van der Waals surface area contributed by atoms with Crippen LogP contribution in [0, 0.1) is 0 Å². The largest absolute Gasteiger partial charge is 0.364 e. The van der Waals surface area contributed by atoms with Gasteiger partial charge in [0.1, 0.15) is 0 Å². The summed E-state index contributed by atoms with van der Waals surface area (Å²) >= 11 is 6.05. The molecule has 0 aliphatic rings. The molecular weight excluding hydrogens is 264 g/mol. The Balaban J connectivity index is 3.49. The topological polar surface area (TPSA) is 29.5 Å². The van der Waals surface area contributed by atoms with E-state index in [-0.39, 0.29) is 6.61 Å². The average molecular weight is 272 g/mol. The molecule has 0 bridgehead atoms. The monoisotopic (exact) mass is 270 g/mol. The van der Waals surface area contributed by atoms with Crippen LogP contribution in [-0.4, -0.2) is 18.0 Å². The fourth-order valence-corrected chi connectivity index (χ4v) is 0.524. The van der Waals surface area contributed by atoms with E-state index in [1.807, 2.05) is 0 Å². The molecule has 0 saturated carbocycles. The summed E-state index contributed by atoms with van der Waals surface area (Å²) in [5.74, 6) is 0. The number of aliphatic hydroxyl groups excluding tert-OH is 1. The SMILES string of the molecule is C=C(Br)COC(O)C(=C)Br. The van der Waals surface area contributed by atoms with E-state index in [0.29, 0.717) is 8.96 Å². The van der Waals surface area contributed by atoms with E-state index in [1.165, 1.54) is 0 Å². The number of rotatable bonds is 4. The zero-order valence-electron chi connectivity index (χ0n) is 5.31. The van der Waals surface area contributed by atoms with Gasteiger partial charge in [-0.15, -0.1) is 0 Å². The molecule has 58 valence electrons. The Morgan fingerprint density at radius 2 is 2.00 bits per heavy atom. The third-order valence-electron chi connectivity index (χ3n) is 0.666. The lowest BCUT2D eigenvalue weighted by Gasteiger charge is -2.08. The fraction of sp³-hybridized carbons (Fsp3) is 0.333. The van der Waals surface area contributed by atoms with Crippen LogP contribution in [0.15, 0.2) is 22.1 Å². The summed E-state index contributed by atoms with van der Waals surface area (Å²) in [5.41, 5.74) is 0. The van der Waals surface area contributed by atoms with Crippen LogP contribution in [0.4, 0.5) is 0 Å². The Bertz CT molecular complexity index is 145. The van der Waals surface area contributed by atoms with Gasteiger partial charge in [-0.25, -0.2) is 0 Å². The van der Waals surface area contributed by atoms with Crippen molar-refractivity contribution in [1.82, 2.24) is 0 Å².